The molecule has 0 radical (unpaired) electrons. The lowest BCUT2D eigenvalue weighted by Crippen LogP contribution is -2.32. The monoisotopic (exact) mass is 211 g/mol. The van der Waals surface area contributed by atoms with Crippen LogP contribution in [0.4, 0.5) is 4.39 Å². The molecule has 0 heterocycles. The summed E-state index contributed by atoms with van der Waals surface area (Å²) in [5.74, 6) is -0.165. The normalized spacial score (nSPS) is 14.9. The molecule has 15 heavy (non-hydrogen) atoms. The Morgan fingerprint density at radius 2 is 2.00 bits per heavy atom. The molecule has 2 atom stereocenters. The van der Waals surface area contributed by atoms with Gasteiger partial charge in [-0.2, -0.15) is 0 Å². The summed E-state index contributed by atoms with van der Waals surface area (Å²) in [4.78, 5) is 0. The third kappa shape index (κ3) is 3.61. The molecule has 0 aliphatic heterocycles. The van der Waals surface area contributed by atoms with E-state index in [9.17, 15) is 4.39 Å². The second kappa shape index (κ2) is 5.83. The Morgan fingerprint density at radius 1 is 1.33 bits per heavy atom. The number of ether oxygens (including phenoxy) is 1. The highest BCUT2D eigenvalue weighted by molar-refractivity contribution is 5.20. The summed E-state index contributed by atoms with van der Waals surface area (Å²) >= 11 is 0. The zero-order chi connectivity index (χ0) is 11.3. The molecule has 84 valence electrons. The Morgan fingerprint density at radius 3 is 2.60 bits per heavy atom. The first kappa shape index (κ1) is 12.1. The molecule has 0 spiro atoms. The lowest BCUT2D eigenvalue weighted by Gasteiger charge is -2.20. The van der Waals surface area contributed by atoms with E-state index in [1.54, 1.807) is 19.2 Å². The highest BCUT2D eigenvalue weighted by atomic mass is 19.1. The van der Waals surface area contributed by atoms with Crippen molar-refractivity contribution < 1.29 is 9.13 Å². The van der Waals surface area contributed by atoms with Gasteiger partial charge in [-0.05, 0) is 19.9 Å². The van der Waals surface area contributed by atoms with Gasteiger partial charge in [-0.15, -0.1) is 0 Å². The van der Waals surface area contributed by atoms with E-state index >= 15 is 0 Å². The summed E-state index contributed by atoms with van der Waals surface area (Å²) < 4.78 is 18.4. The Balaban J connectivity index is 2.61. The topological polar surface area (TPSA) is 21.3 Å². The van der Waals surface area contributed by atoms with Crippen molar-refractivity contribution in [2.24, 2.45) is 0 Å². The molecule has 2 nitrogen and oxygen atoms in total. The molecule has 0 bridgehead atoms. The standard InChI is InChI=1S/C12H18FNO/c1-9(8-15-3)14-10(2)11-6-4-5-7-12(11)13/h4-7,9-10,14H,8H2,1-3H3/t9-,10-/m1/s1. The molecule has 0 saturated carbocycles. The van der Waals surface area contributed by atoms with E-state index in [0.717, 1.165) is 0 Å². The van der Waals surface area contributed by atoms with Gasteiger partial charge in [-0.25, -0.2) is 4.39 Å². The number of halogens is 1. The van der Waals surface area contributed by atoms with E-state index in [-0.39, 0.29) is 17.9 Å². The Bertz CT molecular complexity index is 303. The van der Waals surface area contributed by atoms with E-state index < -0.39 is 0 Å². The average Bonchev–Trinajstić information content (AvgIpc) is 2.18. The number of hydrogen-bond donors (Lipinski definition) is 1. The molecule has 0 unspecified atom stereocenters. The van der Waals surface area contributed by atoms with Crippen molar-refractivity contribution in [2.45, 2.75) is 25.9 Å². The summed E-state index contributed by atoms with van der Waals surface area (Å²) in [7, 11) is 1.66. The number of rotatable bonds is 5. The van der Waals surface area contributed by atoms with Gasteiger partial charge in [0.05, 0.1) is 6.61 Å². The molecule has 1 aromatic rings. The molecule has 0 saturated heterocycles. The highest BCUT2D eigenvalue weighted by Gasteiger charge is 2.12. The van der Waals surface area contributed by atoms with Crippen LogP contribution in [0.15, 0.2) is 24.3 Å². The molecule has 1 aromatic carbocycles. The third-order valence-corrected chi connectivity index (χ3v) is 2.32. The Kier molecular flexibility index (Phi) is 4.72. The van der Waals surface area contributed by atoms with Gasteiger partial charge in [0.1, 0.15) is 5.82 Å². The molecular formula is C12H18FNO. The minimum atomic E-state index is -0.165. The first-order valence-corrected chi connectivity index (χ1v) is 5.14. The number of methoxy groups -OCH3 is 1. The minimum Gasteiger partial charge on any atom is -0.383 e. The predicted molar refractivity (Wildman–Crippen MR) is 59.3 cm³/mol. The molecule has 0 aliphatic carbocycles. The second-order valence-electron chi connectivity index (χ2n) is 3.77. The first-order valence-electron chi connectivity index (χ1n) is 5.14. The van der Waals surface area contributed by atoms with E-state index in [1.807, 2.05) is 19.9 Å². The van der Waals surface area contributed by atoms with Crippen molar-refractivity contribution >= 4 is 0 Å². The minimum absolute atomic E-state index is 0.00338. The van der Waals surface area contributed by atoms with E-state index in [2.05, 4.69) is 5.32 Å². The molecule has 0 aliphatic rings. The predicted octanol–water partition coefficient (Wildman–Crippen LogP) is 2.51. The number of hydrogen-bond acceptors (Lipinski definition) is 2. The van der Waals surface area contributed by atoms with E-state index in [4.69, 9.17) is 4.74 Å². The fourth-order valence-corrected chi connectivity index (χ4v) is 1.64. The second-order valence-corrected chi connectivity index (χ2v) is 3.77. The molecular weight excluding hydrogens is 193 g/mol. The van der Waals surface area contributed by atoms with Gasteiger partial charge in [0, 0.05) is 24.8 Å². The summed E-state index contributed by atoms with van der Waals surface area (Å²) in [5, 5.41) is 3.27. The molecule has 0 fully saturated rings. The maximum Gasteiger partial charge on any atom is 0.127 e. The SMILES string of the molecule is COC[C@@H](C)N[C@H](C)c1ccccc1F. The van der Waals surface area contributed by atoms with Crippen molar-refractivity contribution in [1.29, 1.82) is 0 Å². The Hall–Kier alpha value is -0.930. The molecule has 0 amide bonds. The van der Waals surface area contributed by atoms with Crippen LogP contribution in [-0.2, 0) is 4.74 Å². The van der Waals surface area contributed by atoms with Crippen LogP contribution in [0, 0.1) is 5.82 Å². The third-order valence-electron chi connectivity index (χ3n) is 2.32. The van der Waals surface area contributed by atoms with Crippen LogP contribution in [0.25, 0.3) is 0 Å². The summed E-state index contributed by atoms with van der Waals surface area (Å²) in [6.07, 6.45) is 0. The van der Waals surface area contributed by atoms with Crippen LogP contribution >= 0.6 is 0 Å². The molecule has 3 heteroatoms. The van der Waals surface area contributed by atoms with Crippen molar-refractivity contribution in [3.8, 4) is 0 Å². The van der Waals surface area contributed by atoms with Crippen LogP contribution in [0.2, 0.25) is 0 Å². The van der Waals surface area contributed by atoms with Gasteiger partial charge in [0.15, 0.2) is 0 Å². The molecule has 0 aromatic heterocycles. The lowest BCUT2D eigenvalue weighted by atomic mass is 10.1. The maximum atomic E-state index is 13.4. The van der Waals surface area contributed by atoms with Crippen LogP contribution < -0.4 is 5.32 Å². The summed E-state index contributed by atoms with van der Waals surface area (Å²) in [6, 6.07) is 7.03. The van der Waals surface area contributed by atoms with E-state index in [1.165, 1.54) is 6.07 Å². The lowest BCUT2D eigenvalue weighted by molar-refractivity contribution is 0.167. The summed E-state index contributed by atoms with van der Waals surface area (Å²) in [5.41, 5.74) is 0.695. The Labute approximate surface area is 90.4 Å². The number of benzene rings is 1. The van der Waals surface area contributed by atoms with Gasteiger partial charge in [-0.3, -0.25) is 0 Å². The largest absolute Gasteiger partial charge is 0.383 e. The van der Waals surface area contributed by atoms with Crippen LogP contribution in [-0.4, -0.2) is 19.8 Å². The van der Waals surface area contributed by atoms with Crippen LogP contribution in [0.3, 0.4) is 0 Å². The summed E-state index contributed by atoms with van der Waals surface area (Å²) in [6.45, 7) is 4.59. The van der Waals surface area contributed by atoms with Gasteiger partial charge >= 0.3 is 0 Å². The van der Waals surface area contributed by atoms with Crippen molar-refractivity contribution in [3.63, 3.8) is 0 Å². The zero-order valence-electron chi connectivity index (χ0n) is 9.46. The average molecular weight is 211 g/mol. The van der Waals surface area contributed by atoms with Crippen molar-refractivity contribution in [1.82, 2.24) is 5.32 Å². The fourth-order valence-electron chi connectivity index (χ4n) is 1.64. The quantitative estimate of drug-likeness (QED) is 0.808. The smallest absolute Gasteiger partial charge is 0.127 e. The van der Waals surface area contributed by atoms with Crippen molar-refractivity contribution in [2.75, 3.05) is 13.7 Å². The van der Waals surface area contributed by atoms with Gasteiger partial charge in [0.25, 0.3) is 0 Å². The van der Waals surface area contributed by atoms with Crippen molar-refractivity contribution in [3.05, 3.63) is 35.6 Å². The first-order chi connectivity index (χ1) is 7.15. The van der Waals surface area contributed by atoms with E-state index in [0.29, 0.717) is 12.2 Å². The fraction of sp³-hybridized carbons (Fsp3) is 0.500. The molecule has 1 N–H and O–H groups in total. The van der Waals surface area contributed by atoms with Gasteiger partial charge in [0.2, 0.25) is 0 Å². The van der Waals surface area contributed by atoms with Crippen LogP contribution in [0.1, 0.15) is 25.5 Å². The van der Waals surface area contributed by atoms with Gasteiger partial charge < -0.3 is 10.1 Å². The zero-order valence-corrected chi connectivity index (χ0v) is 9.46. The number of nitrogens with one attached hydrogen (secondary N) is 1. The van der Waals surface area contributed by atoms with Gasteiger partial charge in [-0.1, -0.05) is 18.2 Å². The molecule has 1 rings (SSSR count). The maximum absolute atomic E-state index is 13.4. The van der Waals surface area contributed by atoms with Crippen LogP contribution in [0.5, 0.6) is 0 Å². The highest BCUT2D eigenvalue weighted by Crippen LogP contribution is 2.16.